The monoisotopic (exact) mass is 442 g/mol. The summed E-state index contributed by atoms with van der Waals surface area (Å²) in [7, 11) is 0. The minimum Gasteiger partial charge on any atom is -0.493 e. The zero-order valence-corrected chi connectivity index (χ0v) is 21.0. The lowest BCUT2D eigenvalue weighted by atomic mass is 9.62. The normalized spacial score (nSPS) is 18.7. The largest absolute Gasteiger partial charge is 0.493 e. The molecule has 0 amide bonds. The Bertz CT molecular complexity index is 961. The Balaban J connectivity index is 2.64. The molecule has 0 fully saturated rings. The summed E-state index contributed by atoms with van der Waals surface area (Å²) in [5.41, 5.74) is 4.68. The van der Waals surface area contributed by atoms with Crippen LogP contribution in [0.2, 0.25) is 0 Å². The molecule has 1 aromatic carbocycles. The van der Waals surface area contributed by atoms with E-state index in [2.05, 4.69) is 46.8 Å². The van der Waals surface area contributed by atoms with Crippen LogP contribution in [0, 0.1) is 0 Å². The Hall–Kier alpha value is -2.36. The number of benzene rings is 1. The summed E-state index contributed by atoms with van der Waals surface area (Å²) in [6.07, 6.45) is 6.34. The van der Waals surface area contributed by atoms with Crippen molar-refractivity contribution in [1.82, 2.24) is 0 Å². The highest BCUT2D eigenvalue weighted by Crippen LogP contribution is 2.48. The lowest BCUT2D eigenvalue weighted by Gasteiger charge is -2.42. The third-order valence-electron chi connectivity index (χ3n) is 6.74. The van der Waals surface area contributed by atoms with Crippen molar-refractivity contribution in [3.05, 3.63) is 57.9 Å². The van der Waals surface area contributed by atoms with Gasteiger partial charge in [0.2, 0.25) is 0 Å². The van der Waals surface area contributed by atoms with Gasteiger partial charge in [0.05, 0.1) is 6.61 Å². The van der Waals surface area contributed by atoms with Gasteiger partial charge >= 0.3 is 5.97 Å². The molecular formula is C28H39FO3. The fourth-order valence-corrected chi connectivity index (χ4v) is 4.37. The van der Waals surface area contributed by atoms with Gasteiger partial charge in [-0.15, -0.1) is 0 Å². The predicted octanol–water partition coefficient (Wildman–Crippen LogP) is 7.89. The number of fused-ring (bicyclic) bond motifs is 1. The van der Waals surface area contributed by atoms with Crippen molar-refractivity contribution in [1.29, 1.82) is 0 Å². The molecule has 1 aromatic rings. The van der Waals surface area contributed by atoms with Gasteiger partial charge in [-0.3, -0.25) is 0 Å². The van der Waals surface area contributed by atoms with Crippen LogP contribution in [0.25, 0.3) is 5.57 Å². The van der Waals surface area contributed by atoms with Crippen LogP contribution in [-0.4, -0.2) is 17.7 Å². The molecule has 4 heteroatoms. The summed E-state index contributed by atoms with van der Waals surface area (Å²) in [6.45, 7) is 16.9. The molecule has 0 saturated carbocycles. The molecule has 0 radical (unpaired) electrons. The number of hydrogen-bond donors (Lipinski definition) is 1. The topological polar surface area (TPSA) is 46.5 Å². The average Bonchev–Trinajstić information content (AvgIpc) is 2.73. The molecule has 0 saturated heterocycles. The van der Waals surface area contributed by atoms with E-state index < -0.39 is 5.97 Å². The van der Waals surface area contributed by atoms with Crippen molar-refractivity contribution < 1.29 is 19.0 Å². The summed E-state index contributed by atoms with van der Waals surface area (Å²) in [4.78, 5) is 11.4. The second-order valence-corrected chi connectivity index (χ2v) is 10.1. The maximum Gasteiger partial charge on any atom is 0.331 e. The van der Waals surface area contributed by atoms with E-state index in [9.17, 15) is 9.90 Å². The van der Waals surface area contributed by atoms with E-state index in [0.717, 1.165) is 24.8 Å². The highest BCUT2D eigenvalue weighted by molar-refractivity contribution is 5.88. The first-order valence-corrected chi connectivity index (χ1v) is 11.6. The third-order valence-corrected chi connectivity index (χ3v) is 6.74. The molecule has 2 rings (SSSR count). The molecule has 0 unspecified atom stereocenters. The van der Waals surface area contributed by atoms with Gasteiger partial charge in [-0.2, -0.15) is 0 Å². The molecule has 0 atom stereocenters. The van der Waals surface area contributed by atoms with E-state index >= 15 is 4.39 Å². The summed E-state index contributed by atoms with van der Waals surface area (Å²) in [5, 5.41) is 9.30. The second kappa shape index (κ2) is 10.1. The highest BCUT2D eigenvalue weighted by atomic mass is 19.1. The van der Waals surface area contributed by atoms with Crippen LogP contribution in [0.3, 0.4) is 0 Å². The predicted molar refractivity (Wildman–Crippen MR) is 131 cm³/mol. The number of aliphatic carboxylic acids is 1. The van der Waals surface area contributed by atoms with E-state index in [4.69, 9.17) is 4.74 Å². The van der Waals surface area contributed by atoms with E-state index in [1.807, 2.05) is 0 Å². The Kier molecular flexibility index (Phi) is 8.14. The van der Waals surface area contributed by atoms with E-state index in [-0.39, 0.29) is 22.2 Å². The Labute approximate surface area is 193 Å². The van der Waals surface area contributed by atoms with Crippen LogP contribution in [0.15, 0.2) is 41.3 Å². The van der Waals surface area contributed by atoms with Crippen LogP contribution in [0.4, 0.5) is 4.39 Å². The van der Waals surface area contributed by atoms with Crippen LogP contribution in [-0.2, 0) is 15.6 Å². The van der Waals surface area contributed by atoms with E-state index in [1.54, 1.807) is 26.8 Å². The van der Waals surface area contributed by atoms with Gasteiger partial charge in [0.25, 0.3) is 0 Å². The summed E-state index contributed by atoms with van der Waals surface area (Å²) >= 11 is 0. The van der Waals surface area contributed by atoms with Gasteiger partial charge in [-0.1, -0.05) is 47.6 Å². The zero-order valence-electron chi connectivity index (χ0n) is 21.0. The molecule has 1 N–H and O–H groups in total. The molecule has 3 nitrogen and oxygen atoms in total. The van der Waals surface area contributed by atoms with E-state index in [0.29, 0.717) is 29.9 Å². The smallest absolute Gasteiger partial charge is 0.331 e. The number of hydrogen-bond acceptors (Lipinski definition) is 2. The first-order valence-electron chi connectivity index (χ1n) is 11.6. The number of halogens is 1. The molecule has 32 heavy (non-hydrogen) atoms. The van der Waals surface area contributed by atoms with Crippen molar-refractivity contribution in [3.63, 3.8) is 0 Å². The van der Waals surface area contributed by atoms with E-state index in [1.165, 1.54) is 17.2 Å². The molecule has 0 spiro atoms. The lowest BCUT2D eigenvalue weighted by Crippen LogP contribution is -2.34. The second-order valence-electron chi connectivity index (χ2n) is 10.1. The zero-order chi connectivity index (χ0) is 24.3. The fraction of sp³-hybridized carbons (Fsp3) is 0.536. The van der Waals surface area contributed by atoms with Gasteiger partial charge in [-0.05, 0) is 90.8 Å². The lowest BCUT2D eigenvalue weighted by molar-refractivity contribution is -0.132. The Morgan fingerprint density at radius 2 is 1.62 bits per heavy atom. The quantitative estimate of drug-likeness (QED) is 0.329. The SMILES string of the molecule is CCCOc1cc2c(cc1C(C)=C(F)C=CC(C)=C(CC)C(=O)O)C(C)(C)CCC2(C)C. The number of ether oxygens (including phenoxy) is 1. The van der Waals surface area contributed by atoms with Gasteiger partial charge in [0, 0.05) is 11.1 Å². The van der Waals surface area contributed by atoms with Crippen LogP contribution in [0.1, 0.15) is 97.8 Å². The van der Waals surface area contributed by atoms with Crippen LogP contribution >= 0.6 is 0 Å². The molecule has 0 aromatic heterocycles. The minimum absolute atomic E-state index is 0.00628. The average molecular weight is 443 g/mol. The van der Waals surface area contributed by atoms with Gasteiger partial charge in [-0.25, -0.2) is 9.18 Å². The van der Waals surface area contributed by atoms with Crippen molar-refractivity contribution in [2.75, 3.05) is 6.61 Å². The summed E-state index contributed by atoms with van der Waals surface area (Å²) in [6, 6.07) is 4.23. The molecule has 0 aliphatic heterocycles. The van der Waals surface area contributed by atoms with Gasteiger partial charge < -0.3 is 9.84 Å². The molecule has 0 bridgehead atoms. The molecule has 176 valence electrons. The first kappa shape index (κ1) is 25.9. The van der Waals surface area contributed by atoms with Crippen molar-refractivity contribution in [2.24, 2.45) is 0 Å². The maximum absolute atomic E-state index is 15.3. The molecule has 1 aliphatic carbocycles. The van der Waals surface area contributed by atoms with Crippen molar-refractivity contribution in [2.45, 2.75) is 91.9 Å². The van der Waals surface area contributed by atoms with Crippen LogP contribution < -0.4 is 4.74 Å². The first-order chi connectivity index (χ1) is 14.9. The molecular weight excluding hydrogens is 403 g/mol. The summed E-state index contributed by atoms with van der Waals surface area (Å²) < 4.78 is 21.3. The van der Waals surface area contributed by atoms with Crippen molar-refractivity contribution in [3.8, 4) is 5.75 Å². The Morgan fingerprint density at radius 3 is 2.12 bits per heavy atom. The Morgan fingerprint density at radius 1 is 1.06 bits per heavy atom. The van der Waals surface area contributed by atoms with Gasteiger partial charge in [0.1, 0.15) is 11.6 Å². The number of carboxylic acid groups (broad SMARTS) is 1. The minimum atomic E-state index is -0.967. The van der Waals surface area contributed by atoms with Crippen LogP contribution in [0.5, 0.6) is 5.75 Å². The highest BCUT2D eigenvalue weighted by Gasteiger charge is 2.38. The number of carbonyl (C=O) groups is 1. The standard InChI is InChI=1S/C28H39FO3/c1-9-15-32-25-17-23-22(27(5,6)13-14-28(23,7)8)16-21(25)19(4)24(29)12-11-18(3)20(10-2)26(30)31/h11-12,16-17H,9-10,13-15H2,1-8H3,(H,30,31). The number of allylic oxidation sites excluding steroid dienone is 5. The van der Waals surface area contributed by atoms with Crippen molar-refractivity contribution >= 4 is 11.5 Å². The number of carboxylic acids is 1. The maximum atomic E-state index is 15.3. The third kappa shape index (κ3) is 5.51. The fourth-order valence-electron chi connectivity index (χ4n) is 4.37. The molecule has 0 heterocycles. The summed E-state index contributed by atoms with van der Waals surface area (Å²) in [5.74, 6) is -0.644. The molecule has 1 aliphatic rings. The van der Waals surface area contributed by atoms with Gasteiger partial charge in [0.15, 0.2) is 0 Å². The number of rotatable bonds is 8.